The molecule has 1 aromatic rings. The standard InChI is InChI=1S/C14H18N3O2P/c1-2-4-12-5-3-6-13(11-12)14(18)15-20(19,16-7-8-16)17-9-10-17/h2-3,5-6,11H,1,4,7-10H2,(H,15,18,19). The van der Waals surface area contributed by atoms with Crippen LogP contribution in [0, 0.1) is 0 Å². The number of nitrogens with zero attached hydrogens (tertiary/aromatic N) is 2. The van der Waals surface area contributed by atoms with Crippen LogP contribution in [0.3, 0.4) is 0 Å². The summed E-state index contributed by atoms with van der Waals surface area (Å²) < 4.78 is 16.5. The Balaban J connectivity index is 1.76. The van der Waals surface area contributed by atoms with E-state index in [1.807, 2.05) is 27.5 Å². The molecule has 1 aromatic carbocycles. The maximum atomic E-state index is 12.8. The summed E-state index contributed by atoms with van der Waals surface area (Å²) in [5.74, 6) is -0.266. The zero-order valence-corrected chi connectivity index (χ0v) is 12.2. The highest BCUT2D eigenvalue weighted by molar-refractivity contribution is 7.58. The molecule has 0 radical (unpaired) electrons. The molecule has 0 unspecified atom stereocenters. The largest absolute Gasteiger partial charge is 0.311 e. The predicted octanol–water partition coefficient (Wildman–Crippen LogP) is 1.88. The van der Waals surface area contributed by atoms with Crippen molar-refractivity contribution < 1.29 is 9.36 Å². The van der Waals surface area contributed by atoms with E-state index >= 15 is 0 Å². The van der Waals surface area contributed by atoms with Crippen molar-refractivity contribution in [3.63, 3.8) is 0 Å². The van der Waals surface area contributed by atoms with Gasteiger partial charge in [0.15, 0.2) is 0 Å². The Bertz CT molecular complexity index is 578. The Labute approximate surface area is 118 Å². The van der Waals surface area contributed by atoms with Gasteiger partial charge in [-0.2, -0.15) is 0 Å². The molecular formula is C14H18N3O2P. The highest BCUT2D eigenvalue weighted by Gasteiger charge is 2.49. The number of rotatable bonds is 6. The van der Waals surface area contributed by atoms with E-state index in [1.54, 1.807) is 12.1 Å². The van der Waals surface area contributed by atoms with E-state index in [2.05, 4.69) is 11.7 Å². The van der Waals surface area contributed by atoms with E-state index in [9.17, 15) is 9.36 Å². The van der Waals surface area contributed by atoms with E-state index in [0.29, 0.717) is 5.56 Å². The van der Waals surface area contributed by atoms with Gasteiger partial charge in [0.2, 0.25) is 0 Å². The molecule has 2 saturated heterocycles. The van der Waals surface area contributed by atoms with E-state index in [4.69, 9.17) is 0 Å². The fourth-order valence-corrected chi connectivity index (χ4v) is 4.45. The monoisotopic (exact) mass is 291 g/mol. The second-order valence-electron chi connectivity index (χ2n) is 5.09. The van der Waals surface area contributed by atoms with Crippen molar-refractivity contribution in [3.8, 4) is 0 Å². The number of hydrogen-bond donors (Lipinski definition) is 1. The minimum absolute atomic E-state index is 0.266. The third-order valence-electron chi connectivity index (χ3n) is 3.43. The van der Waals surface area contributed by atoms with Gasteiger partial charge in [-0.05, 0) is 24.1 Å². The number of carbonyl (C=O) groups excluding carboxylic acids is 1. The summed E-state index contributed by atoms with van der Waals surface area (Å²) in [6.07, 6.45) is 2.52. The molecule has 2 aliphatic rings. The molecule has 1 amide bonds. The fourth-order valence-electron chi connectivity index (χ4n) is 2.15. The molecule has 2 fully saturated rings. The minimum atomic E-state index is -2.85. The van der Waals surface area contributed by atoms with Gasteiger partial charge in [-0.3, -0.25) is 14.4 Å². The first-order chi connectivity index (χ1) is 9.63. The molecule has 0 aromatic heterocycles. The molecule has 2 heterocycles. The second-order valence-corrected chi connectivity index (χ2v) is 7.53. The molecule has 2 aliphatic heterocycles. The minimum Gasteiger partial charge on any atom is -0.279 e. The van der Waals surface area contributed by atoms with Crippen molar-refractivity contribution >= 4 is 13.5 Å². The Hall–Kier alpha value is -1.42. The third-order valence-corrected chi connectivity index (χ3v) is 6.26. The van der Waals surface area contributed by atoms with Crippen LogP contribution in [0.15, 0.2) is 36.9 Å². The topological polar surface area (TPSA) is 52.2 Å². The summed E-state index contributed by atoms with van der Waals surface area (Å²) in [6, 6.07) is 7.36. The summed E-state index contributed by atoms with van der Waals surface area (Å²) in [5.41, 5.74) is 1.58. The Kier molecular flexibility index (Phi) is 3.50. The van der Waals surface area contributed by atoms with Gasteiger partial charge in [0.1, 0.15) is 0 Å². The Morgan fingerprint density at radius 1 is 1.30 bits per heavy atom. The molecule has 3 rings (SSSR count). The van der Waals surface area contributed by atoms with E-state index in [1.165, 1.54) is 0 Å². The van der Waals surface area contributed by atoms with Crippen molar-refractivity contribution in [1.29, 1.82) is 0 Å². The van der Waals surface area contributed by atoms with Gasteiger partial charge in [-0.25, -0.2) is 9.34 Å². The molecule has 0 atom stereocenters. The lowest BCUT2D eigenvalue weighted by atomic mass is 10.1. The lowest BCUT2D eigenvalue weighted by Gasteiger charge is -2.20. The maximum absolute atomic E-state index is 12.8. The zero-order valence-electron chi connectivity index (χ0n) is 11.3. The normalized spacial score (nSPS) is 18.6. The summed E-state index contributed by atoms with van der Waals surface area (Å²) >= 11 is 0. The fraction of sp³-hybridized carbons (Fsp3) is 0.357. The van der Waals surface area contributed by atoms with Crippen molar-refractivity contribution in [3.05, 3.63) is 48.0 Å². The van der Waals surface area contributed by atoms with E-state index < -0.39 is 7.59 Å². The lowest BCUT2D eigenvalue weighted by Crippen LogP contribution is -2.27. The summed E-state index contributed by atoms with van der Waals surface area (Å²) in [5, 5.41) is 2.75. The number of allylic oxidation sites excluding steroid dienone is 1. The molecule has 0 aliphatic carbocycles. The van der Waals surface area contributed by atoms with Crippen LogP contribution in [0.1, 0.15) is 15.9 Å². The Morgan fingerprint density at radius 2 is 1.95 bits per heavy atom. The molecule has 0 bridgehead atoms. The second kappa shape index (κ2) is 5.17. The van der Waals surface area contributed by atoms with Crippen LogP contribution in [0.2, 0.25) is 0 Å². The quantitative estimate of drug-likeness (QED) is 0.494. The third kappa shape index (κ3) is 2.70. The van der Waals surface area contributed by atoms with Crippen molar-refractivity contribution in [1.82, 2.24) is 14.4 Å². The SMILES string of the molecule is C=CCc1cccc(C(=O)NP(=O)(N2CC2)N2CC2)c1. The summed E-state index contributed by atoms with van der Waals surface area (Å²) in [7, 11) is -2.85. The number of carbonyl (C=O) groups is 1. The van der Waals surface area contributed by atoms with Crippen LogP contribution in [-0.4, -0.2) is 41.4 Å². The molecule has 0 saturated carbocycles. The van der Waals surface area contributed by atoms with E-state index in [0.717, 1.165) is 38.2 Å². The van der Waals surface area contributed by atoms with Crippen molar-refractivity contribution in [2.24, 2.45) is 0 Å². The number of amides is 1. The Morgan fingerprint density at radius 3 is 2.50 bits per heavy atom. The lowest BCUT2D eigenvalue weighted by molar-refractivity contribution is 0.0977. The first-order valence-corrected chi connectivity index (χ1v) is 8.38. The molecule has 20 heavy (non-hydrogen) atoms. The van der Waals surface area contributed by atoms with Gasteiger partial charge in [0, 0.05) is 31.7 Å². The van der Waals surface area contributed by atoms with Gasteiger partial charge < -0.3 is 0 Å². The summed E-state index contributed by atoms with van der Waals surface area (Å²) in [4.78, 5) is 12.3. The van der Waals surface area contributed by atoms with Crippen LogP contribution >= 0.6 is 7.59 Å². The number of benzene rings is 1. The first kappa shape index (κ1) is 13.6. The predicted molar refractivity (Wildman–Crippen MR) is 78.6 cm³/mol. The molecule has 0 spiro atoms. The van der Waals surface area contributed by atoms with E-state index in [-0.39, 0.29) is 5.91 Å². The molecule has 1 N–H and O–H groups in total. The zero-order chi connectivity index (χ0) is 14.2. The highest BCUT2D eigenvalue weighted by Crippen LogP contribution is 2.56. The molecule has 106 valence electrons. The maximum Gasteiger partial charge on any atom is 0.311 e. The van der Waals surface area contributed by atoms with Gasteiger partial charge in [-0.1, -0.05) is 18.2 Å². The van der Waals surface area contributed by atoms with Crippen molar-refractivity contribution in [2.75, 3.05) is 26.2 Å². The van der Waals surface area contributed by atoms with Crippen molar-refractivity contribution in [2.45, 2.75) is 6.42 Å². The summed E-state index contributed by atoms with van der Waals surface area (Å²) in [6.45, 7) is 6.88. The number of nitrogens with one attached hydrogen (secondary N) is 1. The van der Waals surface area contributed by atoms with Crippen LogP contribution < -0.4 is 5.09 Å². The average molecular weight is 291 g/mol. The van der Waals surface area contributed by atoms with Crippen LogP contribution in [0.4, 0.5) is 0 Å². The van der Waals surface area contributed by atoms with Gasteiger partial charge in [0.25, 0.3) is 5.91 Å². The number of hydrogen-bond acceptors (Lipinski definition) is 2. The van der Waals surface area contributed by atoms with Gasteiger partial charge >= 0.3 is 7.59 Å². The molecule has 6 heteroatoms. The van der Waals surface area contributed by atoms with Gasteiger partial charge in [0.05, 0.1) is 0 Å². The van der Waals surface area contributed by atoms with Gasteiger partial charge in [-0.15, -0.1) is 6.58 Å². The van der Waals surface area contributed by atoms with Crippen LogP contribution in [0.5, 0.6) is 0 Å². The average Bonchev–Trinajstić information content (AvgIpc) is 3.32. The van der Waals surface area contributed by atoms with Crippen LogP contribution in [-0.2, 0) is 11.0 Å². The highest BCUT2D eigenvalue weighted by atomic mass is 31.2. The smallest absolute Gasteiger partial charge is 0.279 e. The molecular weight excluding hydrogens is 273 g/mol. The van der Waals surface area contributed by atoms with Crippen LogP contribution in [0.25, 0.3) is 0 Å². The first-order valence-electron chi connectivity index (χ1n) is 6.77. The molecule has 5 nitrogen and oxygen atoms in total.